The second-order valence-electron chi connectivity index (χ2n) is 6.13. The van der Waals surface area contributed by atoms with E-state index in [1.165, 1.54) is 27.2 Å². The lowest BCUT2D eigenvalue weighted by molar-refractivity contribution is -0.116. The maximum Gasteiger partial charge on any atom is 0.263 e. The van der Waals surface area contributed by atoms with E-state index in [-0.39, 0.29) is 28.9 Å². The van der Waals surface area contributed by atoms with Crippen LogP contribution in [-0.4, -0.2) is 32.3 Å². The number of nitrogens with one attached hydrogen (secondary N) is 2. The van der Waals surface area contributed by atoms with Gasteiger partial charge < -0.3 is 9.72 Å². The SMILES string of the molecule is CCc1cc2c(=O)n(CC(=O)Nc3nnc(C4CCCO4)s3)c(=S)[nH]c2s1. The van der Waals surface area contributed by atoms with E-state index in [1.54, 1.807) is 0 Å². The van der Waals surface area contributed by atoms with Crippen molar-refractivity contribution in [3.63, 3.8) is 0 Å². The Hall–Kier alpha value is -1.95. The third-order valence-corrected chi connectivity index (χ3v) is 6.71. The van der Waals surface area contributed by atoms with Gasteiger partial charge in [0.05, 0.1) is 5.39 Å². The first kappa shape index (κ1) is 18.4. The van der Waals surface area contributed by atoms with Crippen molar-refractivity contribution in [1.82, 2.24) is 19.7 Å². The van der Waals surface area contributed by atoms with Crippen LogP contribution >= 0.6 is 34.9 Å². The van der Waals surface area contributed by atoms with Crippen molar-refractivity contribution >= 4 is 56.1 Å². The Morgan fingerprint density at radius 2 is 2.33 bits per heavy atom. The van der Waals surface area contributed by atoms with Crippen molar-refractivity contribution in [3.8, 4) is 0 Å². The number of amides is 1. The quantitative estimate of drug-likeness (QED) is 0.612. The summed E-state index contributed by atoms with van der Waals surface area (Å²) in [6.45, 7) is 2.56. The smallest absolute Gasteiger partial charge is 0.263 e. The lowest BCUT2D eigenvalue weighted by Gasteiger charge is -2.06. The molecule has 1 amide bonds. The largest absolute Gasteiger partial charge is 0.371 e. The van der Waals surface area contributed by atoms with Crippen LogP contribution in [0.25, 0.3) is 10.2 Å². The molecule has 4 heterocycles. The van der Waals surface area contributed by atoms with Gasteiger partial charge in [0, 0.05) is 11.5 Å². The molecule has 0 saturated carbocycles. The summed E-state index contributed by atoms with van der Waals surface area (Å²) in [5.41, 5.74) is -0.267. The van der Waals surface area contributed by atoms with Crippen molar-refractivity contribution in [2.45, 2.75) is 38.8 Å². The molecule has 2 N–H and O–H groups in total. The van der Waals surface area contributed by atoms with Crippen LogP contribution in [0.5, 0.6) is 0 Å². The van der Waals surface area contributed by atoms with Crippen LogP contribution in [0.2, 0.25) is 0 Å². The maximum absolute atomic E-state index is 12.7. The number of aryl methyl sites for hydroxylation is 1. The van der Waals surface area contributed by atoms with Crippen molar-refractivity contribution in [2.75, 3.05) is 11.9 Å². The monoisotopic (exact) mass is 423 g/mol. The second kappa shape index (κ2) is 7.58. The molecule has 1 saturated heterocycles. The fourth-order valence-corrected chi connectivity index (χ4v) is 5.05. The Labute approximate surface area is 167 Å². The fraction of sp³-hybridized carbons (Fsp3) is 0.438. The molecule has 3 aromatic heterocycles. The molecule has 11 heteroatoms. The van der Waals surface area contributed by atoms with Crippen LogP contribution < -0.4 is 10.9 Å². The Morgan fingerprint density at radius 1 is 1.48 bits per heavy atom. The average Bonchev–Trinajstić information content (AvgIpc) is 3.38. The van der Waals surface area contributed by atoms with E-state index in [4.69, 9.17) is 17.0 Å². The molecule has 1 atom stereocenters. The van der Waals surface area contributed by atoms with Crippen LogP contribution in [0.4, 0.5) is 5.13 Å². The van der Waals surface area contributed by atoms with Gasteiger partial charge >= 0.3 is 0 Å². The summed E-state index contributed by atoms with van der Waals surface area (Å²) in [5, 5.41) is 12.4. The van der Waals surface area contributed by atoms with E-state index in [9.17, 15) is 9.59 Å². The highest BCUT2D eigenvalue weighted by Gasteiger charge is 2.22. The summed E-state index contributed by atoms with van der Waals surface area (Å²) in [6.07, 6.45) is 2.70. The molecule has 27 heavy (non-hydrogen) atoms. The molecule has 4 rings (SSSR count). The summed E-state index contributed by atoms with van der Waals surface area (Å²) in [6, 6.07) is 1.85. The maximum atomic E-state index is 12.7. The average molecular weight is 424 g/mol. The number of H-pyrrole nitrogens is 1. The third-order valence-electron chi connectivity index (χ3n) is 4.27. The van der Waals surface area contributed by atoms with Crippen molar-refractivity contribution in [2.24, 2.45) is 0 Å². The summed E-state index contributed by atoms with van der Waals surface area (Å²) in [7, 11) is 0. The summed E-state index contributed by atoms with van der Waals surface area (Å²) >= 11 is 8.06. The predicted molar refractivity (Wildman–Crippen MR) is 107 cm³/mol. The number of ether oxygens (including phenoxy) is 1. The zero-order valence-corrected chi connectivity index (χ0v) is 16.9. The van der Waals surface area contributed by atoms with E-state index in [0.29, 0.717) is 10.5 Å². The minimum absolute atomic E-state index is 0.0432. The highest BCUT2D eigenvalue weighted by Crippen LogP contribution is 2.31. The molecular formula is C16H17N5O3S3. The van der Waals surface area contributed by atoms with Crippen molar-refractivity contribution < 1.29 is 9.53 Å². The van der Waals surface area contributed by atoms with Gasteiger partial charge in [-0.15, -0.1) is 21.5 Å². The van der Waals surface area contributed by atoms with E-state index < -0.39 is 0 Å². The lowest BCUT2D eigenvalue weighted by atomic mass is 10.2. The Bertz CT molecular complexity index is 1110. The zero-order chi connectivity index (χ0) is 19.0. The van der Waals surface area contributed by atoms with Crippen LogP contribution in [0.3, 0.4) is 0 Å². The molecule has 1 aliphatic rings. The molecule has 1 unspecified atom stereocenters. The molecule has 0 spiro atoms. The van der Waals surface area contributed by atoms with Gasteiger partial charge in [0.15, 0.2) is 4.77 Å². The molecule has 0 bridgehead atoms. The topological polar surface area (TPSA) is 102 Å². The van der Waals surface area contributed by atoms with Gasteiger partial charge in [0.2, 0.25) is 11.0 Å². The van der Waals surface area contributed by atoms with E-state index in [2.05, 4.69) is 20.5 Å². The molecule has 142 valence electrons. The van der Waals surface area contributed by atoms with Crippen molar-refractivity contribution in [3.05, 3.63) is 31.1 Å². The number of carbonyl (C=O) groups is 1. The van der Waals surface area contributed by atoms with E-state index in [1.807, 2.05) is 13.0 Å². The van der Waals surface area contributed by atoms with Gasteiger partial charge in [-0.3, -0.25) is 19.5 Å². The number of fused-ring (bicyclic) bond motifs is 1. The normalized spacial score (nSPS) is 16.9. The Balaban J connectivity index is 1.52. The number of aromatic nitrogens is 4. The number of aromatic amines is 1. The first-order valence-electron chi connectivity index (χ1n) is 8.55. The highest BCUT2D eigenvalue weighted by atomic mass is 32.1. The van der Waals surface area contributed by atoms with Gasteiger partial charge in [-0.1, -0.05) is 18.3 Å². The molecule has 3 aromatic rings. The molecule has 0 aliphatic carbocycles. The third kappa shape index (κ3) is 3.72. The van der Waals surface area contributed by atoms with E-state index >= 15 is 0 Å². The first-order chi connectivity index (χ1) is 13.0. The molecule has 0 radical (unpaired) electrons. The van der Waals surface area contributed by atoms with Crippen LogP contribution in [-0.2, 0) is 22.5 Å². The molecule has 8 nitrogen and oxygen atoms in total. The zero-order valence-electron chi connectivity index (χ0n) is 14.5. The number of hydrogen-bond acceptors (Lipinski definition) is 8. The van der Waals surface area contributed by atoms with Crippen LogP contribution in [0, 0.1) is 4.77 Å². The predicted octanol–water partition coefficient (Wildman–Crippen LogP) is 3.02. The fourth-order valence-electron chi connectivity index (χ4n) is 2.90. The first-order valence-corrected chi connectivity index (χ1v) is 10.6. The molecular weight excluding hydrogens is 406 g/mol. The van der Waals surface area contributed by atoms with Crippen molar-refractivity contribution in [1.29, 1.82) is 0 Å². The number of anilines is 1. The molecule has 0 aromatic carbocycles. The minimum Gasteiger partial charge on any atom is -0.371 e. The summed E-state index contributed by atoms with van der Waals surface area (Å²) in [4.78, 5) is 30.0. The van der Waals surface area contributed by atoms with Crippen LogP contribution in [0.1, 0.15) is 35.8 Å². The molecule has 1 fully saturated rings. The van der Waals surface area contributed by atoms with Gasteiger partial charge in [-0.25, -0.2) is 0 Å². The number of thiophene rings is 1. The molecule has 1 aliphatic heterocycles. The van der Waals surface area contributed by atoms with E-state index in [0.717, 1.165) is 40.6 Å². The highest BCUT2D eigenvalue weighted by molar-refractivity contribution is 7.71. The Morgan fingerprint density at radius 3 is 3.07 bits per heavy atom. The number of nitrogens with zero attached hydrogens (tertiary/aromatic N) is 3. The van der Waals surface area contributed by atoms with Crippen LogP contribution in [0.15, 0.2) is 10.9 Å². The van der Waals surface area contributed by atoms with Gasteiger partial charge in [-0.05, 0) is 37.5 Å². The number of hydrogen-bond donors (Lipinski definition) is 2. The van der Waals surface area contributed by atoms with Gasteiger partial charge in [0.1, 0.15) is 22.5 Å². The standard InChI is InChI=1S/C16H17N5O3S3/c1-2-8-6-9-12(26-8)18-16(25)21(14(9)23)7-11(22)17-15-20-19-13(27-15)10-4-3-5-24-10/h6,10H,2-5,7H2,1H3,(H,18,25)(H,17,20,22). The number of carbonyl (C=O) groups excluding carboxylic acids is 1. The minimum atomic E-state index is -0.378. The Kier molecular flexibility index (Phi) is 5.17. The summed E-state index contributed by atoms with van der Waals surface area (Å²) < 4.78 is 7.06. The lowest BCUT2D eigenvalue weighted by Crippen LogP contribution is -2.28. The van der Waals surface area contributed by atoms with Gasteiger partial charge in [-0.2, -0.15) is 0 Å². The van der Waals surface area contributed by atoms with Gasteiger partial charge in [0.25, 0.3) is 5.56 Å². The number of rotatable bonds is 5. The second-order valence-corrected chi connectivity index (χ2v) is 8.66. The summed E-state index contributed by atoms with van der Waals surface area (Å²) in [5.74, 6) is -0.378.